The minimum absolute atomic E-state index is 0.0178. The lowest BCUT2D eigenvalue weighted by molar-refractivity contribution is -0.139. The number of aliphatic hydroxyl groups excluding tert-OH is 2. The summed E-state index contributed by atoms with van der Waals surface area (Å²) < 4.78 is 16.2. The highest BCUT2D eigenvalue weighted by molar-refractivity contribution is 6.46. The van der Waals surface area contributed by atoms with Gasteiger partial charge >= 0.3 is 0 Å². The van der Waals surface area contributed by atoms with Gasteiger partial charge in [-0.15, -0.1) is 0 Å². The fourth-order valence-corrected chi connectivity index (χ4v) is 3.92. The number of unbranched alkanes of at least 4 members (excludes halogenated alkanes) is 1. The second-order valence-electron chi connectivity index (χ2n) is 7.56. The van der Waals surface area contributed by atoms with Crippen LogP contribution in [0, 0.1) is 0 Å². The maximum atomic E-state index is 13.0. The van der Waals surface area contributed by atoms with Gasteiger partial charge in [-0.3, -0.25) is 9.59 Å². The molecule has 8 heteroatoms. The Bertz CT molecular complexity index is 1060. The standard InChI is InChI=1S/C24H25NO7/c1-2-3-9-25-21(15-5-4-6-17(12-15)30-11-10-26)20(23(28)24(25)29)22(27)16-7-8-18-19(13-16)32-14-31-18/h4-8,12-13,21,26-27H,2-3,9-11,14H2,1H3/b22-20-. The molecule has 0 aromatic heterocycles. The number of aliphatic hydroxyl groups is 2. The summed E-state index contributed by atoms with van der Waals surface area (Å²) in [5.41, 5.74) is 1.02. The third-order valence-electron chi connectivity index (χ3n) is 5.47. The molecule has 4 rings (SSSR count). The van der Waals surface area contributed by atoms with Crippen molar-refractivity contribution >= 4 is 17.4 Å². The molecule has 0 radical (unpaired) electrons. The zero-order valence-corrected chi connectivity index (χ0v) is 17.7. The van der Waals surface area contributed by atoms with E-state index in [1.54, 1.807) is 42.5 Å². The van der Waals surface area contributed by atoms with Crippen molar-refractivity contribution < 1.29 is 34.0 Å². The summed E-state index contributed by atoms with van der Waals surface area (Å²) in [4.78, 5) is 27.4. The normalized spacial score (nSPS) is 18.9. The topological polar surface area (TPSA) is 106 Å². The fraction of sp³-hybridized carbons (Fsp3) is 0.333. The van der Waals surface area contributed by atoms with Gasteiger partial charge in [-0.05, 0) is 42.3 Å². The Morgan fingerprint density at radius 3 is 2.75 bits per heavy atom. The number of fused-ring (bicyclic) bond motifs is 1. The number of amides is 1. The number of Topliss-reactive ketones (excluding diaryl/α,β-unsaturated/α-hetero) is 1. The number of ketones is 1. The van der Waals surface area contributed by atoms with E-state index in [-0.39, 0.29) is 31.3 Å². The van der Waals surface area contributed by atoms with Gasteiger partial charge in [0.05, 0.1) is 18.2 Å². The van der Waals surface area contributed by atoms with Gasteiger partial charge in [-0.25, -0.2) is 0 Å². The third kappa shape index (κ3) is 4.01. The van der Waals surface area contributed by atoms with Crippen molar-refractivity contribution in [1.29, 1.82) is 0 Å². The summed E-state index contributed by atoms with van der Waals surface area (Å²) in [6, 6.07) is 11.1. The molecule has 1 amide bonds. The van der Waals surface area contributed by atoms with Crippen LogP contribution in [0.5, 0.6) is 17.2 Å². The van der Waals surface area contributed by atoms with E-state index in [9.17, 15) is 14.7 Å². The number of carbonyl (C=O) groups is 2. The van der Waals surface area contributed by atoms with E-state index in [0.29, 0.717) is 41.3 Å². The lowest BCUT2D eigenvalue weighted by Crippen LogP contribution is -2.30. The lowest BCUT2D eigenvalue weighted by Gasteiger charge is -2.25. The van der Waals surface area contributed by atoms with Crippen molar-refractivity contribution in [2.75, 3.05) is 26.6 Å². The Kier molecular flexibility index (Phi) is 6.32. The van der Waals surface area contributed by atoms with Crippen LogP contribution >= 0.6 is 0 Å². The van der Waals surface area contributed by atoms with Gasteiger partial charge < -0.3 is 29.3 Å². The zero-order valence-electron chi connectivity index (χ0n) is 17.7. The summed E-state index contributed by atoms with van der Waals surface area (Å²) in [5, 5.41) is 20.2. The first-order valence-electron chi connectivity index (χ1n) is 10.6. The second kappa shape index (κ2) is 9.32. The SMILES string of the molecule is CCCCN1C(=O)C(=O)/C(=C(\O)c2ccc3c(c2)OCO3)C1c1cccc(OCCO)c1. The molecule has 1 fully saturated rings. The Balaban J connectivity index is 1.80. The molecule has 2 aliphatic rings. The number of ether oxygens (including phenoxy) is 3. The van der Waals surface area contributed by atoms with Crippen LogP contribution in [0.1, 0.15) is 36.9 Å². The van der Waals surface area contributed by atoms with Crippen molar-refractivity contribution in [2.24, 2.45) is 0 Å². The van der Waals surface area contributed by atoms with Gasteiger partial charge in [0.1, 0.15) is 18.1 Å². The van der Waals surface area contributed by atoms with Crippen molar-refractivity contribution in [3.05, 3.63) is 59.2 Å². The molecule has 2 N–H and O–H groups in total. The number of hydrogen-bond donors (Lipinski definition) is 2. The highest BCUT2D eigenvalue weighted by Gasteiger charge is 2.46. The van der Waals surface area contributed by atoms with Gasteiger partial charge in [0, 0.05) is 12.1 Å². The first-order chi connectivity index (χ1) is 15.5. The monoisotopic (exact) mass is 439 g/mol. The predicted molar refractivity (Wildman–Crippen MR) is 116 cm³/mol. The van der Waals surface area contributed by atoms with Crippen LogP contribution < -0.4 is 14.2 Å². The van der Waals surface area contributed by atoms with Gasteiger partial charge in [0.15, 0.2) is 11.5 Å². The zero-order chi connectivity index (χ0) is 22.7. The Morgan fingerprint density at radius 1 is 1.16 bits per heavy atom. The van der Waals surface area contributed by atoms with Gasteiger partial charge in [0.25, 0.3) is 11.7 Å². The molecule has 1 atom stereocenters. The summed E-state index contributed by atoms with van der Waals surface area (Å²) >= 11 is 0. The van der Waals surface area contributed by atoms with E-state index in [1.807, 2.05) is 6.92 Å². The molecule has 2 heterocycles. The lowest BCUT2D eigenvalue weighted by atomic mass is 9.95. The molecule has 0 spiro atoms. The first-order valence-corrected chi connectivity index (χ1v) is 10.6. The molecule has 32 heavy (non-hydrogen) atoms. The molecule has 1 unspecified atom stereocenters. The third-order valence-corrected chi connectivity index (χ3v) is 5.47. The van der Waals surface area contributed by atoms with Crippen LogP contribution in [-0.4, -0.2) is 53.4 Å². The van der Waals surface area contributed by atoms with Crippen LogP contribution in [0.15, 0.2) is 48.0 Å². The molecule has 2 aromatic carbocycles. The number of hydrogen-bond acceptors (Lipinski definition) is 7. The van der Waals surface area contributed by atoms with Gasteiger partial charge in [-0.2, -0.15) is 0 Å². The second-order valence-corrected chi connectivity index (χ2v) is 7.56. The van der Waals surface area contributed by atoms with Crippen molar-refractivity contribution in [1.82, 2.24) is 4.90 Å². The van der Waals surface area contributed by atoms with Crippen LogP contribution in [0.2, 0.25) is 0 Å². The first kappa shape index (κ1) is 21.7. The minimum Gasteiger partial charge on any atom is -0.507 e. The number of nitrogens with zero attached hydrogens (tertiary/aromatic N) is 1. The summed E-state index contributed by atoms with van der Waals surface area (Å²) in [5.74, 6) is -0.135. The molecule has 8 nitrogen and oxygen atoms in total. The molecule has 0 saturated carbocycles. The molecule has 0 aliphatic carbocycles. The molecule has 2 aromatic rings. The molecule has 1 saturated heterocycles. The van der Waals surface area contributed by atoms with Gasteiger partial charge in [0.2, 0.25) is 6.79 Å². The maximum absolute atomic E-state index is 13.0. The molecular formula is C24H25NO7. The van der Waals surface area contributed by atoms with Gasteiger partial charge in [-0.1, -0.05) is 25.5 Å². The Morgan fingerprint density at radius 2 is 1.97 bits per heavy atom. The van der Waals surface area contributed by atoms with E-state index in [0.717, 1.165) is 6.42 Å². The summed E-state index contributed by atoms with van der Waals surface area (Å²) in [6.07, 6.45) is 1.56. The van der Waals surface area contributed by atoms with Crippen molar-refractivity contribution in [2.45, 2.75) is 25.8 Å². The molecule has 0 bridgehead atoms. The number of carbonyl (C=O) groups excluding carboxylic acids is 2. The molecule has 168 valence electrons. The highest BCUT2D eigenvalue weighted by Crippen LogP contribution is 2.42. The average Bonchev–Trinajstić information content (AvgIpc) is 3.38. The van der Waals surface area contributed by atoms with E-state index in [1.165, 1.54) is 4.90 Å². The van der Waals surface area contributed by atoms with E-state index in [4.69, 9.17) is 19.3 Å². The van der Waals surface area contributed by atoms with Crippen LogP contribution in [0.4, 0.5) is 0 Å². The van der Waals surface area contributed by atoms with E-state index < -0.39 is 17.7 Å². The largest absolute Gasteiger partial charge is 0.507 e. The van der Waals surface area contributed by atoms with E-state index in [2.05, 4.69) is 0 Å². The minimum atomic E-state index is -0.760. The highest BCUT2D eigenvalue weighted by atomic mass is 16.7. The predicted octanol–water partition coefficient (Wildman–Crippen LogP) is 3.01. The van der Waals surface area contributed by atoms with Crippen LogP contribution in [0.25, 0.3) is 5.76 Å². The fourth-order valence-electron chi connectivity index (χ4n) is 3.92. The van der Waals surface area contributed by atoms with Crippen LogP contribution in [-0.2, 0) is 9.59 Å². The summed E-state index contributed by atoms with van der Waals surface area (Å²) in [6.45, 7) is 2.45. The van der Waals surface area contributed by atoms with Crippen molar-refractivity contribution in [3.63, 3.8) is 0 Å². The molecule has 2 aliphatic heterocycles. The van der Waals surface area contributed by atoms with Crippen molar-refractivity contribution in [3.8, 4) is 17.2 Å². The average molecular weight is 439 g/mol. The number of likely N-dealkylation sites (tertiary alicyclic amines) is 1. The maximum Gasteiger partial charge on any atom is 0.295 e. The smallest absolute Gasteiger partial charge is 0.295 e. The number of rotatable bonds is 8. The summed E-state index contributed by atoms with van der Waals surface area (Å²) in [7, 11) is 0. The van der Waals surface area contributed by atoms with E-state index >= 15 is 0 Å². The molecular weight excluding hydrogens is 414 g/mol. The Labute approximate surface area is 185 Å². The Hall–Kier alpha value is -3.52. The number of benzene rings is 2. The quantitative estimate of drug-likeness (QED) is 0.370. The van der Waals surface area contributed by atoms with Crippen LogP contribution in [0.3, 0.4) is 0 Å².